The van der Waals surface area contributed by atoms with Crippen molar-refractivity contribution in [1.29, 1.82) is 0 Å². The van der Waals surface area contributed by atoms with Gasteiger partial charge in [0.1, 0.15) is 0 Å². The van der Waals surface area contributed by atoms with Gasteiger partial charge in [-0.15, -0.1) is 0 Å². The van der Waals surface area contributed by atoms with E-state index in [1.165, 1.54) is 0 Å². The van der Waals surface area contributed by atoms with Crippen LogP contribution in [0, 0.1) is 0 Å². The molecule has 1 aliphatic heterocycles. The molecule has 0 saturated carbocycles. The van der Waals surface area contributed by atoms with Gasteiger partial charge in [-0.2, -0.15) is 0 Å². The lowest BCUT2D eigenvalue weighted by molar-refractivity contribution is 0.208. The number of anilines is 1. The Bertz CT molecular complexity index is 636. The molecule has 1 atom stereocenters. The summed E-state index contributed by atoms with van der Waals surface area (Å²) < 4.78 is 0. The van der Waals surface area contributed by atoms with Crippen LogP contribution in [0.4, 0.5) is 10.5 Å². The second-order valence-electron chi connectivity index (χ2n) is 5.60. The number of hydrogen-bond acceptors (Lipinski definition) is 2. The average molecular weight is 295 g/mol. The highest BCUT2D eigenvalue weighted by Gasteiger charge is 2.23. The zero-order chi connectivity index (χ0) is 15.4. The van der Waals surface area contributed by atoms with Crippen molar-refractivity contribution in [3.05, 3.63) is 54.6 Å². The van der Waals surface area contributed by atoms with Gasteiger partial charge < -0.3 is 15.5 Å². The molecule has 4 heteroatoms. The van der Waals surface area contributed by atoms with E-state index < -0.39 is 0 Å². The maximum Gasteiger partial charge on any atom is 0.321 e. The van der Waals surface area contributed by atoms with Gasteiger partial charge in [0, 0.05) is 25.2 Å². The van der Waals surface area contributed by atoms with Crippen LogP contribution in [0.1, 0.15) is 6.42 Å². The summed E-state index contributed by atoms with van der Waals surface area (Å²) in [5.41, 5.74) is 2.98. The highest BCUT2D eigenvalue weighted by Crippen LogP contribution is 2.27. The highest BCUT2D eigenvalue weighted by atomic mass is 16.2. The normalized spacial score (nSPS) is 17.2. The number of benzene rings is 2. The molecule has 1 heterocycles. The summed E-state index contributed by atoms with van der Waals surface area (Å²) in [7, 11) is 1.86. The van der Waals surface area contributed by atoms with Crippen LogP contribution >= 0.6 is 0 Å². The Morgan fingerprint density at radius 1 is 1.14 bits per heavy atom. The molecule has 4 nitrogen and oxygen atoms in total. The van der Waals surface area contributed by atoms with Crippen molar-refractivity contribution in [2.24, 2.45) is 0 Å². The van der Waals surface area contributed by atoms with Crippen LogP contribution in [0.25, 0.3) is 11.1 Å². The van der Waals surface area contributed by atoms with Crippen LogP contribution in [-0.2, 0) is 0 Å². The summed E-state index contributed by atoms with van der Waals surface area (Å²) in [6, 6.07) is 18.2. The van der Waals surface area contributed by atoms with Crippen molar-refractivity contribution >= 4 is 11.7 Å². The molecule has 0 aliphatic carbocycles. The quantitative estimate of drug-likeness (QED) is 0.913. The molecule has 3 rings (SSSR count). The maximum atomic E-state index is 12.5. The zero-order valence-corrected chi connectivity index (χ0v) is 12.8. The first-order valence-electron chi connectivity index (χ1n) is 7.64. The number of carbonyl (C=O) groups excluding carboxylic acids is 1. The second-order valence-corrected chi connectivity index (χ2v) is 5.60. The standard InChI is InChI=1S/C18H21N3O/c1-21(15-11-12-19-13-15)18(22)20-17-10-6-5-9-16(17)14-7-3-2-4-8-14/h2-10,15,19H,11-13H2,1H3,(H,20,22). The van der Waals surface area contributed by atoms with Gasteiger partial charge in [0.05, 0.1) is 5.69 Å². The van der Waals surface area contributed by atoms with E-state index in [2.05, 4.69) is 22.8 Å². The summed E-state index contributed by atoms with van der Waals surface area (Å²) in [4.78, 5) is 14.3. The van der Waals surface area contributed by atoms with Crippen molar-refractivity contribution < 1.29 is 4.79 Å². The minimum absolute atomic E-state index is 0.0583. The summed E-state index contributed by atoms with van der Waals surface area (Å²) in [6.07, 6.45) is 1.00. The van der Waals surface area contributed by atoms with Crippen LogP contribution in [0.15, 0.2) is 54.6 Å². The number of carbonyl (C=O) groups is 1. The summed E-state index contributed by atoms with van der Waals surface area (Å²) in [5, 5.41) is 6.33. The van der Waals surface area contributed by atoms with E-state index in [1.807, 2.05) is 49.5 Å². The van der Waals surface area contributed by atoms with Gasteiger partial charge >= 0.3 is 6.03 Å². The van der Waals surface area contributed by atoms with E-state index in [-0.39, 0.29) is 12.1 Å². The first-order chi connectivity index (χ1) is 10.8. The lowest BCUT2D eigenvalue weighted by atomic mass is 10.0. The number of hydrogen-bond donors (Lipinski definition) is 2. The van der Waals surface area contributed by atoms with Crippen molar-refractivity contribution in [1.82, 2.24) is 10.2 Å². The molecular weight excluding hydrogens is 274 g/mol. The van der Waals surface area contributed by atoms with E-state index in [4.69, 9.17) is 0 Å². The molecule has 0 spiro atoms. The van der Waals surface area contributed by atoms with Gasteiger partial charge in [-0.05, 0) is 24.6 Å². The van der Waals surface area contributed by atoms with Gasteiger partial charge in [-0.1, -0.05) is 48.5 Å². The molecule has 2 N–H and O–H groups in total. The lowest BCUT2D eigenvalue weighted by Crippen LogP contribution is -2.41. The molecule has 1 unspecified atom stereocenters. The lowest BCUT2D eigenvalue weighted by Gasteiger charge is -2.24. The van der Waals surface area contributed by atoms with E-state index in [1.54, 1.807) is 4.90 Å². The van der Waals surface area contributed by atoms with Crippen molar-refractivity contribution in [3.63, 3.8) is 0 Å². The number of nitrogens with one attached hydrogen (secondary N) is 2. The topological polar surface area (TPSA) is 44.4 Å². The van der Waals surface area contributed by atoms with Gasteiger partial charge in [0.25, 0.3) is 0 Å². The third-order valence-corrected chi connectivity index (χ3v) is 4.16. The van der Waals surface area contributed by atoms with Gasteiger partial charge in [0.2, 0.25) is 0 Å². The minimum Gasteiger partial charge on any atom is -0.323 e. The molecule has 114 valence electrons. The Balaban J connectivity index is 1.79. The first-order valence-corrected chi connectivity index (χ1v) is 7.64. The molecular formula is C18H21N3O. The predicted octanol–water partition coefficient (Wildman–Crippen LogP) is 3.18. The number of likely N-dealkylation sites (N-methyl/N-ethyl adjacent to an activating group) is 1. The third kappa shape index (κ3) is 3.12. The first kappa shape index (κ1) is 14.6. The van der Waals surface area contributed by atoms with E-state index in [0.29, 0.717) is 0 Å². The summed E-state index contributed by atoms with van der Waals surface area (Å²) in [5.74, 6) is 0. The van der Waals surface area contributed by atoms with E-state index >= 15 is 0 Å². The monoisotopic (exact) mass is 295 g/mol. The fraction of sp³-hybridized carbons (Fsp3) is 0.278. The van der Waals surface area contributed by atoms with Crippen molar-refractivity contribution in [2.75, 3.05) is 25.5 Å². The molecule has 1 fully saturated rings. The Morgan fingerprint density at radius 2 is 1.86 bits per heavy atom. The fourth-order valence-corrected chi connectivity index (χ4v) is 2.80. The Kier molecular flexibility index (Phi) is 4.39. The van der Waals surface area contributed by atoms with Gasteiger partial charge in [-0.3, -0.25) is 0 Å². The number of rotatable bonds is 3. The van der Waals surface area contributed by atoms with Gasteiger partial charge in [0.15, 0.2) is 0 Å². The zero-order valence-electron chi connectivity index (χ0n) is 12.8. The SMILES string of the molecule is CN(C(=O)Nc1ccccc1-c1ccccc1)C1CCNC1. The molecule has 1 saturated heterocycles. The fourth-order valence-electron chi connectivity index (χ4n) is 2.80. The van der Waals surface area contributed by atoms with Crippen molar-refractivity contribution in [2.45, 2.75) is 12.5 Å². The van der Waals surface area contributed by atoms with Crippen LogP contribution in [0.2, 0.25) is 0 Å². The molecule has 0 radical (unpaired) electrons. The molecule has 22 heavy (non-hydrogen) atoms. The average Bonchev–Trinajstić information content (AvgIpc) is 3.10. The Hall–Kier alpha value is -2.33. The minimum atomic E-state index is -0.0583. The van der Waals surface area contributed by atoms with E-state index in [0.717, 1.165) is 36.3 Å². The highest BCUT2D eigenvalue weighted by molar-refractivity contribution is 5.94. The van der Waals surface area contributed by atoms with Gasteiger partial charge in [-0.25, -0.2) is 4.79 Å². The van der Waals surface area contributed by atoms with E-state index in [9.17, 15) is 4.79 Å². The second kappa shape index (κ2) is 6.62. The molecule has 2 aromatic carbocycles. The van der Waals surface area contributed by atoms with Crippen LogP contribution in [-0.4, -0.2) is 37.1 Å². The smallest absolute Gasteiger partial charge is 0.321 e. The Morgan fingerprint density at radius 3 is 2.59 bits per heavy atom. The number of urea groups is 1. The number of amides is 2. The molecule has 1 aliphatic rings. The summed E-state index contributed by atoms with van der Waals surface area (Å²) in [6.45, 7) is 1.84. The van der Waals surface area contributed by atoms with Crippen molar-refractivity contribution in [3.8, 4) is 11.1 Å². The molecule has 2 amide bonds. The predicted molar refractivity (Wildman–Crippen MR) is 89.9 cm³/mol. The number of nitrogens with zero attached hydrogens (tertiary/aromatic N) is 1. The molecule has 0 aromatic heterocycles. The number of para-hydroxylation sites is 1. The molecule has 2 aromatic rings. The Labute approximate surface area is 131 Å². The maximum absolute atomic E-state index is 12.5. The van der Waals surface area contributed by atoms with Crippen LogP contribution in [0.3, 0.4) is 0 Å². The summed E-state index contributed by atoms with van der Waals surface area (Å²) >= 11 is 0. The molecule has 0 bridgehead atoms. The third-order valence-electron chi connectivity index (χ3n) is 4.16. The van der Waals surface area contributed by atoms with Crippen LogP contribution < -0.4 is 10.6 Å². The van der Waals surface area contributed by atoms with Crippen LogP contribution in [0.5, 0.6) is 0 Å². The largest absolute Gasteiger partial charge is 0.323 e.